The van der Waals surface area contributed by atoms with Crippen molar-refractivity contribution in [3.63, 3.8) is 0 Å². The lowest BCUT2D eigenvalue weighted by Gasteiger charge is -2.32. The Morgan fingerprint density at radius 3 is 2.71 bits per heavy atom. The highest BCUT2D eigenvalue weighted by atomic mass is 32.2. The van der Waals surface area contributed by atoms with Gasteiger partial charge in [-0.3, -0.25) is 9.69 Å². The highest BCUT2D eigenvalue weighted by molar-refractivity contribution is 7.91. The van der Waals surface area contributed by atoms with Crippen molar-refractivity contribution in [2.24, 2.45) is 11.1 Å². The van der Waals surface area contributed by atoms with Gasteiger partial charge in [0.2, 0.25) is 15.9 Å². The maximum absolute atomic E-state index is 12.6. The third-order valence-corrected chi connectivity index (χ3v) is 9.72. The highest BCUT2D eigenvalue weighted by Gasteiger charge is 2.27. The molecule has 3 N–H and O–H groups in total. The molecule has 7 nitrogen and oxygen atoms in total. The third-order valence-electron chi connectivity index (χ3n) is 5.99. The van der Waals surface area contributed by atoms with Crippen LogP contribution in [0.25, 0.3) is 0 Å². The van der Waals surface area contributed by atoms with Crippen molar-refractivity contribution in [3.05, 3.63) is 33.0 Å². The lowest BCUT2D eigenvalue weighted by Crippen LogP contribution is -2.34. The highest BCUT2D eigenvalue weighted by Crippen LogP contribution is 2.37. The van der Waals surface area contributed by atoms with Crippen molar-refractivity contribution in [1.82, 2.24) is 4.90 Å². The monoisotopic (exact) mass is 478 g/mol. The van der Waals surface area contributed by atoms with Crippen LogP contribution in [-0.2, 0) is 34.2 Å². The van der Waals surface area contributed by atoms with Crippen molar-refractivity contribution >= 4 is 43.6 Å². The largest absolute Gasteiger partial charge is 0.316 e. The summed E-state index contributed by atoms with van der Waals surface area (Å²) in [4.78, 5) is 16.8. The van der Waals surface area contributed by atoms with Gasteiger partial charge in [0.15, 0.2) is 0 Å². The smallest absolute Gasteiger partial charge is 0.247 e. The fourth-order valence-electron chi connectivity index (χ4n) is 4.48. The number of sulfonamides is 1. The number of nitriles is 1. The number of fused-ring (bicyclic) bond motifs is 1. The molecular formula is C21H26N4O3S3. The number of carbonyl (C=O) groups is 1. The predicted octanol–water partition coefficient (Wildman–Crippen LogP) is 3.45. The van der Waals surface area contributed by atoms with Gasteiger partial charge in [-0.05, 0) is 37.3 Å². The van der Waals surface area contributed by atoms with Crippen LogP contribution in [0.15, 0.2) is 16.3 Å². The third kappa shape index (κ3) is 5.35. The van der Waals surface area contributed by atoms with Crippen molar-refractivity contribution in [3.8, 4) is 6.07 Å². The first kappa shape index (κ1) is 22.4. The van der Waals surface area contributed by atoms with E-state index in [4.69, 9.17) is 5.14 Å². The maximum Gasteiger partial charge on any atom is 0.247 e. The number of thiophene rings is 2. The van der Waals surface area contributed by atoms with Crippen LogP contribution in [0, 0.1) is 17.2 Å². The van der Waals surface area contributed by atoms with E-state index in [9.17, 15) is 18.5 Å². The van der Waals surface area contributed by atoms with Crippen LogP contribution in [0.2, 0.25) is 0 Å². The molecule has 0 radical (unpaired) electrons. The summed E-state index contributed by atoms with van der Waals surface area (Å²) in [7, 11) is -3.76. The summed E-state index contributed by atoms with van der Waals surface area (Å²) < 4.78 is 22.9. The van der Waals surface area contributed by atoms with Gasteiger partial charge in [-0.15, -0.1) is 22.7 Å². The van der Waals surface area contributed by atoms with Crippen molar-refractivity contribution in [1.29, 1.82) is 5.26 Å². The van der Waals surface area contributed by atoms with E-state index in [1.807, 2.05) is 0 Å². The summed E-state index contributed by atoms with van der Waals surface area (Å²) in [5, 5.41) is 18.4. The second kappa shape index (κ2) is 9.38. The molecule has 0 bridgehead atoms. The van der Waals surface area contributed by atoms with E-state index in [0.717, 1.165) is 48.9 Å². The van der Waals surface area contributed by atoms with Crippen molar-refractivity contribution < 1.29 is 13.2 Å². The molecule has 1 amide bonds. The summed E-state index contributed by atoms with van der Waals surface area (Å²) in [6.45, 7) is 2.85. The molecule has 0 aromatic carbocycles. The Bertz CT molecular complexity index is 1110. The Balaban J connectivity index is 1.42. The molecule has 0 unspecified atom stereocenters. The van der Waals surface area contributed by atoms with Gasteiger partial charge < -0.3 is 5.32 Å². The molecule has 2 aromatic heterocycles. The summed E-state index contributed by atoms with van der Waals surface area (Å²) in [5.74, 6) is 0.489. The molecule has 1 saturated carbocycles. The normalized spacial score (nSPS) is 17.8. The van der Waals surface area contributed by atoms with Crippen molar-refractivity contribution in [2.45, 2.75) is 55.7 Å². The summed E-state index contributed by atoms with van der Waals surface area (Å²) in [5.41, 5.74) is 1.62. The zero-order chi connectivity index (χ0) is 22.0. The van der Waals surface area contributed by atoms with Crippen LogP contribution in [0.3, 0.4) is 0 Å². The summed E-state index contributed by atoms with van der Waals surface area (Å²) in [6.07, 6.45) is 7.54. The Labute approximate surface area is 190 Å². The minimum atomic E-state index is -3.76. The SMILES string of the molecule is N#Cc1c(NC(=O)Cc2ccc(S(N)(=O)=O)s2)sc2c1CN(CC1CCCCC1)CC2. The first-order valence-corrected chi connectivity index (χ1v) is 13.7. The van der Waals surface area contributed by atoms with E-state index in [1.165, 1.54) is 54.4 Å². The van der Waals surface area contributed by atoms with E-state index in [2.05, 4.69) is 16.3 Å². The number of primary sulfonamides is 1. The van der Waals surface area contributed by atoms with E-state index in [0.29, 0.717) is 15.4 Å². The first-order chi connectivity index (χ1) is 14.8. The standard InChI is InChI=1S/C21H26N4O3S3/c22-11-16-17-13-25(12-14-4-2-1-3-5-14)9-8-18(17)30-21(16)24-19(26)10-15-6-7-20(29-15)31(23,27)28/h6-7,14H,1-5,8-10,12-13H2,(H,24,26)(H2,23,27,28). The number of anilines is 1. The Kier molecular flexibility index (Phi) is 6.79. The van der Waals surface area contributed by atoms with Crippen LogP contribution in [0.4, 0.5) is 5.00 Å². The Hall–Kier alpha value is -1.77. The molecule has 4 rings (SSSR count). The first-order valence-electron chi connectivity index (χ1n) is 10.5. The lowest BCUT2D eigenvalue weighted by atomic mass is 9.88. The van der Waals surface area contributed by atoms with Gasteiger partial charge in [0.1, 0.15) is 15.3 Å². The van der Waals surface area contributed by atoms with Gasteiger partial charge in [0.05, 0.1) is 12.0 Å². The molecule has 0 atom stereocenters. The van der Waals surface area contributed by atoms with Gasteiger partial charge >= 0.3 is 0 Å². The van der Waals surface area contributed by atoms with Crippen molar-refractivity contribution in [2.75, 3.05) is 18.4 Å². The Morgan fingerprint density at radius 1 is 1.26 bits per heavy atom. The number of carbonyl (C=O) groups excluding carboxylic acids is 1. The minimum absolute atomic E-state index is 0.0395. The molecule has 1 fully saturated rings. The molecule has 1 aliphatic heterocycles. The van der Waals surface area contributed by atoms with Gasteiger partial charge in [-0.2, -0.15) is 5.26 Å². The number of hydrogen-bond acceptors (Lipinski definition) is 7. The number of rotatable bonds is 6. The average Bonchev–Trinajstić information content (AvgIpc) is 3.32. The zero-order valence-electron chi connectivity index (χ0n) is 17.2. The number of nitrogens with two attached hydrogens (primary N) is 1. The van der Waals surface area contributed by atoms with Gasteiger partial charge in [0.25, 0.3) is 0 Å². The van der Waals surface area contributed by atoms with Crippen LogP contribution in [0.5, 0.6) is 0 Å². The molecule has 0 saturated heterocycles. The number of nitrogens with zero attached hydrogens (tertiary/aromatic N) is 2. The molecule has 3 heterocycles. The van der Waals surface area contributed by atoms with E-state index >= 15 is 0 Å². The second-order valence-corrected chi connectivity index (χ2v) is 12.4. The molecule has 2 aliphatic rings. The predicted molar refractivity (Wildman–Crippen MR) is 123 cm³/mol. The van der Waals surface area contributed by atoms with Gasteiger partial charge in [0, 0.05) is 35.0 Å². The van der Waals surface area contributed by atoms with E-state index in [1.54, 1.807) is 6.07 Å². The van der Waals surface area contributed by atoms with Crippen LogP contribution in [-0.4, -0.2) is 32.3 Å². The van der Waals surface area contributed by atoms with Crippen LogP contribution >= 0.6 is 22.7 Å². The number of hydrogen-bond donors (Lipinski definition) is 2. The molecule has 0 spiro atoms. The minimum Gasteiger partial charge on any atom is -0.316 e. The zero-order valence-corrected chi connectivity index (χ0v) is 19.7. The Morgan fingerprint density at radius 2 is 2.03 bits per heavy atom. The molecule has 2 aromatic rings. The molecular weight excluding hydrogens is 452 g/mol. The maximum atomic E-state index is 12.6. The van der Waals surface area contributed by atoms with Gasteiger partial charge in [-0.1, -0.05) is 19.3 Å². The average molecular weight is 479 g/mol. The number of nitrogens with one attached hydrogen (secondary N) is 1. The molecule has 10 heteroatoms. The fourth-order valence-corrected chi connectivity index (χ4v) is 7.42. The topological polar surface area (TPSA) is 116 Å². The van der Waals surface area contributed by atoms with E-state index < -0.39 is 10.0 Å². The molecule has 31 heavy (non-hydrogen) atoms. The fraction of sp³-hybridized carbons (Fsp3) is 0.524. The lowest BCUT2D eigenvalue weighted by molar-refractivity contribution is -0.115. The molecule has 1 aliphatic carbocycles. The number of amides is 1. The van der Waals surface area contributed by atoms with Crippen LogP contribution < -0.4 is 10.5 Å². The quantitative estimate of drug-likeness (QED) is 0.660. The van der Waals surface area contributed by atoms with E-state index in [-0.39, 0.29) is 16.5 Å². The summed E-state index contributed by atoms with van der Waals surface area (Å²) >= 11 is 2.48. The second-order valence-electron chi connectivity index (χ2n) is 8.30. The summed E-state index contributed by atoms with van der Waals surface area (Å²) in [6, 6.07) is 5.30. The van der Waals surface area contributed by atoms with Gasteiger partial charge in [-0.25, -0.2) is 13.6 Å². The molecule has 166 valence electrons. The van der Waals surface area contributed by atoms with Crippen LogP contribution in [0.1, 0.15) is 53.0 Å².